The van der Waals surface area contributed by atoms with Gasteiger partial charge in [-0.3, -0.25) is 5.10 Å². The minimum Gasteiger partial charge on any atom is -0.265 e. The number of rotatable bonds is 2. The van der Waals surface area contributed by atoms with Gasteiger partial charge < -0.3 is 0 Å². The van der Waals surface area contributed by atoms with Crippen LogP contribution in [0, 0.1) is 6.92 Å². The van der Waals surface area contributed by atoms with Gasteiger partial charge in [-0.25, -0.2) is 9.97 Å². The Labute approximate surface area is 77.5 Å². The summed E-state index contributed by atoms with van der Waals surface area (Å²) in [4.78, 5) is 8.26. The molecule has 0 bridgehead atoms. The zero-order valence-corrected chi connectivity index (χ0v) is 7.95. The highest BCUT2D eigenvalue weighted by atomic mass is 32.2. The predicted octanol–water partition coefficient (Wildman–Crippen LogP) is 1.72. The third-order valence-corrected chi connectivity index (χ3v) is 3.11. The lowest BCUT2D eigenvalue weighted by Crippen LogP contribution is -1.75. The molecule has 0 amide bonds. The van der Waals surface area contributed by atoms with Crippen LogP contribution in [0.1, 0.15) is 5.69 Å². The second kappa shape index (κ2) is 3.24. The number of thiazole rings is 1. The molecule has 2 aromatic rings. The second-order valence-electron chi connectivity index (χ2n) is 2.14. The monoisotopic (exact) mass is 198 g/mol. The molecule has 12 heavy (non-hydrogen) atoms. The molecule has 0 aliphatic rings. The standard InChI is InChI=1S/C6H6N4S2/c1-4-2-11-6(9-4)12-5-7-3-8-10-5/h2-3H,1H3,(H,7,8,10). The molecule has 0 aliphatic carbocycles. The Balaban J connectivity index is 2.14. The lowest BCUT2D eigenvalue weighted by atomic mass is 10.6. The van der Waals surface area contributed by atoms with Crippen molar-refractivity contribution in [3.8, 4) is 0 Å². The summed E-state index contributed by atoms with van der Waals surface area (Å²) < 4.78 is 0.979. The maximum Gasteiger partial charge on any atom is 0.215 e. The minimum atomic E-state index is 0.712. The maximum atomic E-state index is 4.27. The van der Waals surface area contributed by atoms with Crippen molar-refractivity contribution in [3.63, 3.8) is 0 Å². The number of hydrogen-bond acceptors (Lipinski definition) is 5. The van der Waals surface area contributed by atoms with Crippen LogP contribution in [0.25, 0.3) is 0 Å². The van der Waals surface area contributed by atoms with E-state index >= 15 is 0 Å². The second-order valence-corrected chi connectivity index (χ2v) is 4.21. The first kappa shape index (κ1) is 7.75. The van der Waals surface area contributed by atoms with Gasteiger partial charge in [0.05, 0.1) is 0 Å². The van der Waals surface area contributed by atoms with E-state index in [4.69, 9.17) is 0 Å². The largest absolute Gasteiger partial charge is 0.265 e. The summed E-state index contributed by atoms with van der Waals surface area (Å²) in [6.07, 6.45) is 1.56. The normalized spacial score (nSPS) is 10.4. The summed E-state index contributed by atoms with van der Waals surface area (Å²) in [5.41, 5.74) is 1.04. The number of aryl methyl sites for hydroxylation is 1. The van der Waals surface area contributed by atoms with Gasteiger partial charge in [0.25, 0.3) is 0 Å². The molecule has 0 saturated heterocycles. The fraction of sp³-hybridized carbons (Fsp3) is 0.167. The molecule has 62 valence electrons. The van der Waals surface area contributed by atoms with Gasteiger partial charge >= 0.3 is 0 Å². The number of H-pyrrole nitrogens is 1. The smallest absolute Gasteiger partial charge is 0.215 e. The molecule has 2 heterocycles. The van der Waals surface area contributed by atoms with Gasteiger partial charge in [-0.05, 0) is 18.7 Å². The van der Waals surface area contributed by atoms with E-state index in [-0.39, 0.29) is 0 Å². The van der Waals surface area contributed by atoms with Crippen molar-refractivity contribution in [3.05, 3.63) is 17.4 Å². The molecule has 0 fully saturated rings. The first-order valence-corrected chi connectivity index (χ1v) is 5.00. The molecular formula is C6H6N4S2. The van der Waals surface area contributed by atoms with Gasteiger partial charge in [0.1, 0.15) is 6.33 Å². The molecule has 0 aliphatic heterocycles. The van der Waals surface area contributed by atoms with Crippen molar-refractivity contribution in [2.24, 2.45) is 0 Å². The number of aromatic nitrogens is 4. The molecule has 0 spiro atoms. The Morgan fingerprint density at radius 2 is 2.50 bits per heavy atom. The van der Waals surface area contributed by atoms with Crippen molar-refractivity contribution in [1.29, 1.82) is 0 Å². The topological polar surface area (TPSA) is 54.5 Å². The molecule has 0 atom stereocenters. The highest BCUT2D eigenvalue weighted by Gasteiger charge is 2.03. The van der Waals surface area contributed by atoms with Gasteiger partial charge in [0.2, 0.25) is 5.16 Å². The summed E-state index contributed by atoms with van der Waals surface area (Å²) in [5.74, 6) is 0. The van der Waals surface area contributed by atoms with Crippen LogP contribution in [0.3, 0.4) is 0 Å². The summed E-state index contributed by atoms with van der Waals surface area (Å²) in [5, 5.41) is 9.29. The number of nitrogens with zero attached hydrogens (tertiary/aromatic N) is 3. The van der Waals surface area contributed by atoms with E-state index in [9.17, 15) is 0 Å². The van der Waals surface area contributed by atoms with E-state index in [0.29, 0.717) is 5.16 Å². The molecule has 6 heteroatoms. The Hall–Kier alpha value is -0.880. The van der Waals surface area contributed by atoms with Gasteiger partial charge in [0, 0.05) is 11.1 Å². The lowest BCUT2D eigenvalue weighted by Gasteiger charge is -1.86. The van der Waals surface area contributed by atoms with E-state index in [1.54, 1.807) is 17.7 Å². The van der Waals surface area contributed by atoms with Gasteiger partial charge in [-0.15, -0.1) is 16.4 Å². The SMILES string of the molecule is Cc1csc(Sc2nc[nH]n2)n1. The summed E-state index contributed by atoms with van der Waals surface area (Å²) in [7, 11) is 0. The quantitative estimate of drug-likeness (QED) is 0.798. The molecular weight excluding hydrogens is 192 g/mol. The third kappa shape index (κ3) is 1.64. The Morgan fingerprint density at radius 1 is 1.58 bits per heavy atom. The maximum absolute atomic E-state index is 4.27. The Bertz CT molecular complexity index is 353. The van der Waals surface area contributed by atoms with Crippen molar-refractivity contribution in [2.45, 2.75) is 16.4 Å². The third-order valence-electron chi connectivity index (χ3n) is 1.17. The van der Waals surface area contributed by atoms with E-state index in [2.05, 4.69) is 20.2 Å². The van der Waals surface area contributed by atoms with E-state index in [0.717, 1.165) is 10.0 Å². The van der Waals surface area contributed by atoms with E-state index in [1.165, 1.54) is 11.8 Å². The summed E-state index contributed by atoms with van der Waals surface area (Å²) in [6, 6.07) is 0. The Kier molecular flexibility index (Phi) is 2.09. The highest BCUT2D eigenvalue weighted by Crippen LogP contribution is 2.26. The number of aromatic amines is 1. The lowest BCUT2D eigenvalue weighted by molar-refractivity contribution is 0.971. The average molecular weight is 198 g/mol. The van der Waals surface area contributed by atoms with Crippen LogP contribution >= 0.6 is 23.1 Å². The van der Waals surface area contributed by atoms with Gasteiger partial charge in [0.15, 0.2) is 4.34 Å². The molecule has 0 radical (unpaired) electrons. The van der Waals surface area contributed by atoms with E-state index in [1.807, 2.05) is 12.3 Å². The zero-order chi connectivity index (χ0) is 8.39. The van der Waals surface area contributed by atoms with Gasteiger partial charge in [-0.2, -0.15) is 0 Å². The molecule has 0 saturated carbocycles. The molecule has 0 unspecified atom stereocenters. The molecule has 0 aromatic carbocycles. The van der Waals surface area contributed by atoms with Crippen LogP contribution < -0.4 is 0 Å². The fourth-order valence-electron chi connectivity index (χ4n) is 0.704. The molecule has 2 rings (SSSR count). The van der Waals surface area contributed by atoms with Crippen molar-refractivity contribution in [2.75, 3.05) is 0 Å². The van der Waals surface area contributed by atoms with Crippen LogP contribution in [0.15, 0.2) is 21.2 Å². The van der Waals surface area contributed by atoms with Crippen LogP contribution in [-0.2, 0) is 0 Å². The molecule has 1 N–H and O–H groups in total. The fourth-order valence-corrected chi connectivity index (χ4v) is 2.33. The number of hydrogen-bond donors (Lipinski definition) is 1. The predicted molar refractivity (Wildman–Crippen MR) is 47.4 cm³/mol. The van der Waals surface area contributed by atoms with Gasteiger partial charge in [-0.1, -0.05) is 0 Å². The average Bonchev–Trinajstić information content (AvgIpc) is 2.63. The molecule has 2 aromatic heterocycles. The highest BCUT2D eigenvalue weighted by molar-refractivity contribution is 8.00. The van der Waals surface area contributed by atoms with Crippen molar-refractivity contribution < 1.29 is 0 Å². The number of nitrogens with one attached hydrogen (secondary N) is 1. The summed E-state index contributed by atoms with van der Waals surface area (Å²) >= 11 is 3.07. The zero-order valence-electron chi connectivity index (χ0n) is 6.31. The molecule has 4 nitrogen and oxygen atoms in total. The first-order chi connectivity index (χ1) is 5.84. The Morgan fingerprint density at radius 3 is 3.08 bits per heavy atom. The van der Waals surface area contributed by atoms with Crippen molar-refractivity contribution in [1.82, 2.24) is 20.2 Å². The minimum absolute atomic E-state index is 0.712. The van der Waals surface area contributed by atoms with Crippen LogP contribution in [0.5, 0.6) is 0 Å². The van der Waals surface area contributed by atoms with Crippen LogP contribution in [0.2, 0.25) is 0 Å². The first-order valence-electron chi connectivity index (χ1n) is 3.30. The van der Waals surface area contributed by atoms with Crippen molar-refractivity contribution >= 4 is 23.1 Å². The van der Waals surface area contributed by atoms with E-state index < -0.39 is 0 Å². The van der Waals surface area contributed by atoms with Crippen LogP contribution in [0.4, 0.5) is 0 Å². The summed E-state index contributed by atoms with van der Waals surface area (Å²) in [6.45, 7) is 1.97. The van der Waals surface area contributed by atoms with Crippen LogP contribution in [-0.4, -0.2) is 20.2 Å².